The molecule has 0 amide bonds. The van der Waals surface area contributed by atoms with E-state index in [0.29, 0.717) is 6.61 Å². The summed E-state index contributed by atoms with van der Waals surface area (Å²) in [7, 11) is 0. The van der Waals surface area contributed by atoms with Gasteiger partial charge >= 0.3 is 0 Å². The van der Waals surface area contributed by atoms with Gasteiger partial charge in [-0.1, -0.05) is 0 Å². The summed E-state index contributed by atoms with van der Waals surface area (Å²) in [6, 6.07) is 0.100. The van der Waals surface area contributed by atoms with Crippen molar-refractivity contribution in [3.05, 3.63) is 17.2 Å². The minimum absolute atomic E-state index is 0.100. The number of H-pyrrole nitrogens is 1. The molecule has 1 aliphatic carbocycles. The zero-order valence-corrected chi connectivity index (χ0v) is 10.3. The van der Waals surface area contributed by atoms with Crippen LogP contribution in [0.5, 0.6) is 0 Å². The molecular formula is C12H21N3O. The fourth-order valence-corrected chi connectivity index (χ4v) is 1.97. The molecule has 0 saturated heterocycles. The number of hydrogen-bond acceptors (Lipinski definition) is 3. The molecule has 1 aromatic rings. The number of aromatic nitrogens is 2. The Bertz CT molecular complexity index is 365. The smallest absolute Gasteiger partial charge is 0.132 e. The number of rotatable bonds is 2. The molecule has 0 fully saturated rings. The first-order chi connectivity index (χ1) is 7.46. The van der Waals surface area contributed by atoms with E-state index in [4.69, 9.17) is 10.5 Å². The monoisotopic (exact) mass is 223 g/mol. The molecule has 0 saturated carbocycles. The van der Waals surface area contributed by atoms with Gasteiger partial charge in [0.2, 0.25) is 0 Å². The molecule has 3 N–H and O–H groups in total. The van der Waals surface area contributed by atoms with Crippen LogP contribution in [0.4, 0.5) is 0 Å². The summed E-state index contributed by atoms with van der Waals surface area (Å²) < 4.78 is 5.69. The van der Waals surface area contributed by atoms with Crippen molar-refractivity contribution in [3.63, 3.8) is 0 Å². The van der Waals surface area contributed by atoms with Crippen molar-refractivity contribution in [1.82, 2.24) is 9.97 Å². The maximum absolute atomic E-state index is 6.02. The molecule has 0 aliphatic heterocycles. The second-order valence-corrected chi connectivity index (χ2v) is 5.45. The van der Waals surface area contributed by atoms with Crippen LogP contribution in [0.2, 0.25) is 0 Å². The lowest BCUT2D eigenvalue weighted by Crippen LogP contribution is -2.19. The van der Waals surface area contributed by atoms with Crippen LogP contribution in [0.15, 0.2) is 0 Å². The van der Waals surface area contributed by atoms with E-state index >= 15 is 0 Å². The number of aromatic amines is 1. The van der Waals surface area contributed by atoms with Crippen molar-refractivity contribution in [2.45, 2.75) is 58.3 Å². The lowest BCUT2D eigenvalue weighted by Gasteiger charge is -2.18. The number of nitrogens with two attached hydrogens (primary N) is 1. The Morgan fingerprint density at radius 3 is 2.88 bits per heavy atom. The average Bonchev–Trinajstić information content (AvgIpc) is 2.58. The summed E-state index contributed by atoms with van der Waals surface area (Å²) in [5.74, 6) is 0.900. The summed E-state index contributed by atoms with van der Waals surface area (Å²) >= 11 is 0. The van der Waals surface area contributed by atoms with Crippen LogP contribution in [0.3, 0.4) is 0 Å². The molecular weight excluding hydrogens is 202 g/mol. The second-order valence-electron chi connectivity index (χ2n) is 5.45. The SMILES string of the molecule is CC(C)(C)OCc1nc2c([nH]1)CCCC2N. The molecule has 2 rings (SSSR count). The molecule has 1 aromatic heterocycles. The largest absolute Gasteiger partial charge is 0.368 e. The number of fused-ring (bicyclic) bond motifs is 1. The zero-order chi connectivity index (χ0) is 11.8. The second kappa shape index (κ2) is 4.18. The molecule has 0 aromatic carbocycles. The predicted molar refractivity (Wildman–Crippen MR) is 63.0 cm³/mol. The number of nitrogens with zero attached hydrogens (tertiary/aromatic N) is 1. The molecule has 1 aliphatic rings. The van der Waals surface area contributed by atoms with E-state index in [1.165, 1.54) is 5.69 Å². The molecule has 16 heavy (non-hydrogen) atoms. The number of ether oxygens (including phenoxy) is 1. The highest BCUT2D eigenvalue weighted by atomic mass is 16.5. The molecule has 0 radical (unpaired) electrons. The fraction of sp³-hybridized carbons (Fsp3) is 0.750. The maximum atomic E-state index is 6.02. The van der Waals surface area contributed by atoms with Gasteiger partial charge in [-0.05, 0) is 40.0 Å². The van der Waals surface area contributed by atoms with Gasteiger partial charge in [-0.3, -0.25) is 0 Å². The number of aryl methyl sites for hydroxylation is 1. The van der Waals surface area contributed by atoms with Gasteiger partial charge in [-0.2, -0.15) is 0 Å². The van der Waals surface area contributed by atoms with Gasteiger partial charge in [0.15, 0.2) is 0 Å². The van der Waals surface area contributed by atoms with Crippen LogP contribution in [0, 0.1) is 0 Å². The van der Waals surface area contributed by atoms with E-state index in [9.17, 15) is 0 Å². The van der Waals surface area contributed by atoms with Gasteiger partial charge in [0.05, 0.1) is 11.3 Å². The first kappa shape index (κ1) is 11.6. The third kappa shape index (κ3) is 2.62. The van der Waals surface area contributed by atoms with E-state index < -0.39 is 0 Å². The molecule has 4 nitrogen and oxygen atoms in total. The summed E-state index contributed by atoms with van der Waals surface area (Å²) in [4.78, 5) is 7.85. The Labute approximate surface area is 96.6 Å². The molecule has 0 spiro atoms. The van der Waals surface area contributed by atoms with Crippen molar-refractivity contribution in [1.29, 1.82) is 0 Å². The van der Waals surface area contributed by atoms with E-state index in [2.05, 4.69) is 9.97 Å². The van der Waals surface area contributed by atoms with Gasteiger partial charge in [0.1, 0.15) is 12.4 Å². The zero-order valence-electron chi connectivity index (χ0n) is 10.3. The van der Waals surface area contributed by atoms with Crippen molar-refractivity contribution in [2.75, 3.05) is 0 Å². The predicted octanol–water partition coefficient (Wildman–Crippen LogP) is 2.06. The molecule has 0 bridgehead atoms. The highest BCUT2D eigenvalue weighted by molar-refractivity contribution is 5.21. The fourth-order valence-electron chi connectivity index (χ4n) is 1.97. The number of imidazole rings is 1. The Balaban J connectivity index is 2.07. The first-order valence-electron chi connectivity index (χ1n) is 5.93. The van der Waals surface area contributed by atoms with Crippen LogP contribution >= 0.6 is 0 Å². The average molecular weight is 223 g/mol. The van der Waals surface area contributed by atoms with Gasteiger partial charge in [-0.15, -0.1) is 0 Å². The Morgan fingerprint density at radius 1 is 1.50 bits per heavy atom. The highest BCUT2D eigenvalue weighted by Gasteiger charge is 2.21. The molecule has 4 heteroatoms. The van der Waals surface area contributed by atoms with Crippen LogP contribution in [-0.4, -0.2) is 15.6 Å². The van der Waals surface area contributed by atoms with Gasteiger partial charge in [0.25, 0.3) is 0 Å². The van der Waals surface area contributed by atoms with Crippen molar-refractivity contribution >= 4 is 0 Å². The van der Waals surface area contributed by atoms with E-state index in [-0.39, 0.29) is 11.6 Å². The highest BCUT2D eigenvalue weighted by Crippen LogP contribution is 2.26. The topological polar surface area (TPSA) is 63.9 Å². The minimum Gasteiger partial charge on any atom is -0.368 e. The van der Waals surface area contributed by atoms with E-state index in [1.54, 1.807) is 0 Å². The Kier molecular flexibility index (Phi) is 3.04. The summed E-state index contributed by atoms with van der Waals surface area (Å²) in [5, 5.41) is 0. The minimum atomic E-state index is -0.130. The number of hydrogen-bond donors (Lipinski definition) is 2. The van der Waals surface area contributed by atoms with Gasteiger partial charge in [-0.25, -0.2) is 4.98 Å². The maximum Gasteiger partial charge on any atom is 0.132 e. The lowest BCUT2D eigenvalue weighted by molar-refractivity contribution is -0.0179. The summed E-state index contributed by atoms with van der Waals surface area (Å²) in [5.41, 5.74) is 8.13. The Morgan fingerprint density at radius 2 is 2.25 bits per heavy atom. The number of nitrogens with one attached hydrogen (secondary N) is 1. The van der Waals surface area contributed by atoms with Crippen LogP contribution in [0.25, 0.3) is 0 Å². The molecule has 1 heterocycles. The van der Waals surface area contributed by atoms with E-state index in [0.717, 1.165) is 30.8 Å². The standard InChI is InChI=1S/C12H21N3O/c1-12(2,3)16-7-10-14-9-6-4-5-8(13)11(9)15-10/h8H,4-7,13H2,1-3H3,(H,14,15). The first-order valence-corrected chi connectivity index (χ1v) is 5.93. The summed E-state index contributed by atoms with van der Waals surface area (Å²) in [6.07, 6.45) is 3.25. The van der Waals surface area contributed by atoms with Crippen molar-refractivity contribution in [2.24, 2.45) is 5.73 Å². The molecule has 1 atom stereocenters. The van der Waals surface area contributed by atoms with Crippen molar-refractivity contribution < 1.29 is 4.74 Å². The Hall–Kier alpha value is -0.870. The summed E-state index contributed by atoms with van der Waals surface area (Å²) in [6.45, 7) is 6.66. The third-order valence-electron chi connectivity index (χ3n) is 2.79. The van der Waals surface area contributed by atoms with Crippen LogP contribution in [-0.2, 0) is 17.8 Å². The molecule has 90 valence electrons. The van der Waals surface area contributed by atoms with E-state index in [1.807, 2.05) is 20.8 Å². The third-order valence-corrected chi connectivity index (χ3v) is 2.79. The lowest BCUT2D eigenvalue weighted by atomic mass is 9.97. The van der Waals surface area contributed by atoms with Crippen molar-refractivity contribution in [3.8, 4) is 0 Å². The molecule has 1 unspecified atom stereocenters. The van der Waals surface area contributed by atoms with Crippen LogP contribution in [0.1, 0.15) is 56.9 Å². The van der Waals surface area contributed by atoms with Crippen LogP contribution < -0.4 is 5.73 Å². The quantitative estimate of drug-likeness (QED) is 0.806. The van der Waals surface area contributed by atoms with Gasteiger partial charge in [0, 0.05) is 11.7 Å². The van der Waals surface area contributed by atoms with Gasteiger partial charge < -0.3 is 15.5 Å². The normalized spacial score (nSPS) is 20.9.